The van der Waals surface area contributed by atoms with E-state index < -0.39 is 24.0 Å². The fourth-order valence-corrected chi connectivity index (χ4v) is 1.32. The molecular formula is C6H13N3O3. The molecule has 1 aliphatic heterocycles. The number of β-amino-alcohol motifs (C(OH)–C–C–N with tert-alkyl or cyclic N) is 1. The van der Waals surface area contributed by atoms with Crippen LogP contribution in [0.15, 0.2) is 0 Å². The summed E-state index contributed by atoms with van der Waals surface area (Å²) in [6.07, 6.45) is -0.857. The van der Waals surface area contributed by atoms with Gasteiger partial charge in [-0.25, -0.2) is 5.01 Å². The van der Waals surface area contributed by atoms with E-state index in [1.165, 1.54) is 5.01 Å². The minimum atomic E-state index is -1.02. The largest absolute Gasteiger partial charge is 0.481 e. The molecule has 1 saturated heterocycles. The molecule has 6 nitrogen and oxygen atoms in total. The first-order chi connectivity index (χ1) is 5.52. The lowest BCUT2D eigenvalue weighted by Crippen LogP contribution is -2.60. The van der Waals surface area contributed by atoms with Crippen LogP contribution in [0.2, 0.25) is 0 Å². The smallest absolute Gasteiger partial charge is 0.309 e. The van der Waals surface area contributed by atoms with Gasteiger partial charge >= 0.3 is 5.97 Å². The number of hydrogen-bond donors (Lipinski definition) is 4. The van der Waals surface area contributed by atoms with Crippen molar-refractivity contribution in [3.8, 4) is 0 Å². The minimum Gasteiger partial charge on any atom is -0.481 e. The van der Waals surface area contributed by atoms with Crippen molar-refractivity contribution in [1.29, 1.82) is 0 Å². The van der Waals surface area contributed by atoms with E-state index in [4.69, 9.17) is 16.7 Å². The van der Waals surface area contributed by atoms with Crippen LogP contribution in [0.3, 0.4) is 0 Å². The maximum atomic E-state index is 10.6. The predicted molar refractivity (Wildman–Crippen MR) is 40.9 cm³/mol. The van der Waals surface area contributed by atoms with Gasteiger partial charge < -0.3 is 15.9 Å². The van der Waals surface area contributed by atoms with E-state index in [0.29, 0.717) is 0 Å². The average molecular weight is 175 g/mol. The van der Waals surface area contributed by atoms with Crippen molar-refractivity contribution >= 4 is 5.97 Å². The van der Waals surface area contributed by atoms with Gasteiger partial charge in [0.15, 0.2) is 0 Å². The van der Waals surface area contributed by atoms with E-state index in [1.54, 1.807) is 0 Å². The molecule has 0 aromatic carbocycles. The lowest BCUT2D eigenvalue weighted by atomic mass is 9.92. The SMILES string of the molecule is NC1C(O)CN(N)CC1C(=O)O. The lowest BCUT2D eigenvalue weighted by Gasteiger charge is -2.35. The molecule has 1 heterocycles. The number of aliphatic hydroxyl groups excluding tert-OH is 1. The summed E-state index contributed by atoms with van der Waals surface area (Å²) >= 11 is 0. The first kappa shape index (κ1) is 9.40. The predicted octanol–water partition coefficient (Wildman–Crippen LogP) is -2.44. The van der Waals surface area contributed by atoms with Gasteiger partial charge in [0, 0.05) is 19.1 Å². The molecule has 1 fully saturated rings. The molecule has 0 amide bonds. The summed E-state index contributed by atoms with van der Waals surface area (Å²) in [6.45, 7) is 0.415. The van der Waals surface area contributed by atoms with Crippen molar-refractivity contribution in [1.82, 2.24) is 5.01 Å². The molecule has 0 saturated carbocycles. The molecule has 0 aromatic heterocycles. The average Bonchev–Trinajstić information content (AvgIpc) is 1.96. The van der Waals surface area contributed by atoms with E-state index in [9.17, 15) is 9.90 Å². The first-order valence-corrected chi connectivity index (χ1v) is 3.68. The van der Waals surface area contributed by atoms with Gasteiger partial charge in [-0.15, -0.1) is 0 Å². The number of aliphatic hydroxyl groups is 1. The van der Waals surface area contributed by atoms with E-state index >= 15 is 0 Å². The Labute approximate surface area is 69.7 Å². The number of hydrazine groups is 1. The third-order valence-electron chi connectivity index (χ3n) is 2.08. The van der Waals surface area contributed by atoms with Gasteiger partial charge in [-0.3, -0.25) is 10.6 Å². The Morgan fingerprint density at radius 1 is 1.50 bits per heavy atom. The van der Waals surface area contributed by atoms with E-state index in [0.717, 1.165) is 0 Å². The molecule has 0 aromatic rings. The van der Waals surface area contributed by atoms with Gasteiger partial charge in [-0.2, -0.15) is 0 Å². The summed E-state index contributed by atoms with van der Waals surface area (Å²) in [5.74, 6) is 3.57. The van der Waals surface area contributed by atoms with Gasteiger partial charge in [0.05, 0.1) is 12.0 Å². The van der Waals surface area contributed by atoms with Crippen LogP contribution < -0.4 is 11.6 Å². The highest BCUT2D eigenvalue weighted by Gasteiger charge is 2.36. The fourth-order valence-electron chi connectivity index (χ4n) is 1.32. The van der Waals surface area contributed by atoms with Crippen molar-refractivity contribution in [2.24, 2.45) is 17.5 Å². The Kier molecular flexibility index (Phi) is 2.63. The highest BCUT2D eigenvalue weighted by atomic mass is 16.4. The third-order valence-corrected chi connectivity index (χ3v) is 2.08. The molecule has 6 heteroatoms. The number of carboxylic acid groups (broad SMARTS) is 1. The van der Waals surface area contributed by atoms with Crippen LogP contribution >= 0.6 is 0 Å². The van der Waals surface area contributed by atoms with Gasteiger partial charge in [0.2, 0.25) is 0 Å². The number of aliphatic carboxylic acids is 1. The molecule has 3 unspecified atom stereocenters. The number of hydrogen-bond acceptors (Lipinski definition) is 5. The molecule has 0 spiro atoms. The Morgan fingerprint density at radius 3 is 2.58 bits per heavy atom. The number of nitrogens with two attached hydrogens (primary N) is 2. The second-order valence-corrected chi connectivity index (χ2v) is 3.04. The number of carboxylic acids is 1. The van der Waals surface area contributed by atoms with Crippen LogP contribution in [0.4, 0.5) is 0 Å². The molecule has 1 aliphatic rings. The van der Waals surface area contributed by atoms with Crippen molar-refractivity contribution < 1.29 is 15.0 Å². The molecule has 1 rings (SSSR count). The molecule has 12 heavy (non-hydrogen) atoms. The van der Waals surface area contributed by atoms with Crippen LogP contribution in [-0.2, 0) is 4.79 Å². The Morgan fingerprint density at radius 2 is 2.08 bits per heavy atom. The van der Waals surface area contributed by atoms with Crippen molar-refractivity contribution in [2.75, 3.05) is 13.1 Å². The highest BCUT2D eigenvalue weighted by Crippen LogP contribution is 2.13. The number of rotatable bonds is 1. The first-order valence-electron chi connectivity index (χ1n) is 3.68. The minimum absolute atomic E-state index is 0.188. The van der Waals surface area contributed by atoms with Gasteiger partial charge in [-0.05, 0) is 0 Å². The van der Waals surface area contributed by atoms with Crippen LogP contribution in [0.5, 0.6) is 0 Å². The Balaban J connectivity index is 2.66. The summed E-state index contributed by atoms with van der Waals surface area (Å²) in [5, 5.41) is 19.2. The Bertz CT molecular complexity index is 187. The maximum Gasteiger partial charge on any atom is 0.309 e. The molecular weight excluding hydrogens is 162 g/mol. The van der Waals surface area contributed by atoms with E-state index in [2.05, 4.69) is 0 Å². The fraction of sp³-hybridized carbons (Fsp3) is 0.833. The second kappa shape index (κ2) is 3.36. The highest BCUT2D eigenvalue weighted by molar-refractivity contribution is 5.71. The maximum absolute atomic E-state index is 10.6. The zero-order valence-electron chi connectivity index (χ0n) is 6.55. The summed E-state index contributed by atoms with van der Waals surface area (Å²) in [7, 11) is 0. The van der Waals surface area contributed by atoms with E-state index in [-0.39, 0.29) is 13.1 Å². The van der Waals surface area contributed by atoms with Gasteiger partial charge in [0.25, 0.3) is 0 Å². The zero-order valence-corrected chi connectivity index (χ0v) is 6.55. The van der Waals surface area contributed by atoms with Crippen molar-refractivity contribution in [3.63, 3.8) is 0 Å². The third kappa shape index (κ3) is 1.72. The van der Waals surface area contributed by atoms with Crippen LogP contribution in [0.25, 0.3) is 0 Å². The molecule has 70 valence electrons. The van der Waals surface area contributed by atoms with Crippen molar-refractivity contribution in [2.45, 2.75) is 12.1 Å². The van der Waals surface area contributed by atoms with Crippen molar-refractivity contribution in [3.05, 3.63) is 0 Å². The summed E-state index contributed by atoms with van der Waals surface area (Å²) < 4.78 is 0. The van der Waals surface area contributed by atoms with Crippen LogP contribution in [0, 0.1) is 5.92 Å². The van der Waals surface area contributed by atoms with Gasteiger partial charge in [-0.1, -0.05) is 0 Å². The monoisotopic (exact) mass is 175 g/mol. The number of nitrogens with zero attached hydrogens (tertiary/aromatic N) is 1. The summed E-state index contributed by atoms with van der Waals surface area (Å²) in [6, 6.07) is -0.720. The zero-order chi connectivity index (χ0) is 9.30. The molecule has 3 atom stereocenters. The molecule has 0 aliphatic carbocycles. The standard InChI is InChI=1S/C6H13N3O3/c7-5-3(6(11)12)1-9(8)2-4(5)10/h3-5,10H,1-2,7-8H2,(H,11,12). The van der Waals surface area contributed by atoms with E-state index in [1.807, 2.05) is 0 Å². The molecule has 0 radical (unpaired) electrons. The lowest BCUT2D eigenvalue weighted by molar-refractivity contribution is -0.146. The summed E-state index contributed by atoms with van der Waals surface area (Å²) in [4.78, 5) is 10.6. The summed E-state index contributed by atoms with van der Waals surface area (Å²) in [5.41, 5.74) is 5.47. The topological polar surface area (TPSA) is 113 Å². The normalized spacial score (nSPS) is 38.1. The van der Waals surface area contributed by atoms with Gasteiger partial charge in [0.1, 0.15) is 0 Å². The quantitative estimate of drug-likeness (QED) is 0.329. The Hall–Kier alpha value is -0.690. The van der Waals surface area contributed by atoms with Crippen LogP contribution in [-0.4, -0.2) is 46.4 Å². The molecule has 6 N–H and O–H groups in total. The number of carbonyl (C=O) groups is 1. The number of piperidine rings is 1. The van der Waals surface area contributed by atoms with Crippen LogP contribution in [0.1, 0.15) is 0 Å². The molecule has 0 bridgehead atoms. The second-order valence-electron chi connectivity index (χ2n) is 3.04.